The second kappa shape index (κ2) is 5.99. The molecule has 1 amide bonds. The summed E-state index contributed by atoms with van der Waals surface area (Å²) in [5.41, 5.74) is 4.32. The molecule has 1 atom stereocenters. The molecule has 1 saturated heterocycles. The first-order valence-corrected chi connectivity index (χ1v) is 8.14. The minimum atomic E-state index is 0.166. The largest absolute Gasteiger partial charge is 0.336 e. The van der Waals surface area contributed by atoms with Gasteiger partial charge in [-0.1, -0.05) is 0 Å². The molecule has 0 spiro atoms. The number of carbonyl (C=O) groups excluding carboxylic acids is 1. The standard InChI is InChI=1S/C19H24N2O/c1-14-6-4-5-13-20(14)19(22)17-9-11-18(12-10-17)21-15(2)7-8-16(21)3/h7-12,14H,4-6,13H2,1-3H3/t14-/m0/s1. The lowest BCUT2D eigenvalue weighted by Crippen LogP contribution is -2.42. The number of amides is 1. The molecular weight excluding hydrogens is 272 g/mol. The highest BCUT2D eigenvalue weighted by Crippen LogP contribution is 2.21. The highest BCUT2D eigenvalue weighted by molar-refractivity contribution is 5.94. The minimum Gasteiger partial charge on any atom is -0.336 e. The van der Waals surface area contributed by atoms with E-state index in [2.05, 4.69) is 37.5 Å². The highest BCUT2D eigenvalue weighted by atomic mass is 16.2. The number of piperidine rings is 1. The Labute approximate surface area is 132 Å². The summed E-state index contributed by atoms with van der Waals surface area (Å²) < 4.78 is 2.21. The number of nitrogens with zero attached hydrogens (tertiary/aromatic N) is 2. The van der Waals surface area contributed by atoms with Gasteiger partial charge in [-0.3, -0.25) is 4.79 Å². The van der Waals surface area contributed by atoms with E-state index in [1.165, 1.54) is 17.8 Å². The van der Waals surface area contributed by atoms with Crippen LogP contribution < -0.4 is 0 Å². The fraction of sp³-hybridized carbons (Fsp3) is 0.421. The van der Waals surface area contributed by atoms with Crippen molar-refractivity contribution in [2.24, 2.45) is 0 Å². The summed E-state index contributed by atoms with van der Waals surface area (Å²) in [6.07, 6.45) is 3.47. The molecule has 0 radical (unpaired) electrons. The van der Waals surface area contributed by atoms with Crippen molar-refractivity contribution >= 4 is 5.91 Å². The number of hydrogen-bond donors (Lipinski definition) is 0. The molecule has 2 heterocycles. The number of carbonyl (C=O) groups is 1. The molecule has 1 aliphatic heterocycles. The van der Waals surface area contributed by atoms with Gasteiger partial charge in [0.25, 0.3) is 5.91 Å². The summed E-state index contributed by atoms with van der Waals surface area (Å²) in [4.78, 5) is 14.7. The van der Waals surface area contributed by atoms with Crippen LogP contribution in [0, 0.1) is 13.8 Å². The maximum atomic E-state index is 12.7. The number of aryl methyl sites for hydroxylation is 2. The third kappa shape index (κ3) is 2.68. The second-order valence-electron chi connectivity index (χ2n) is 6.34. The topological polar surface area (TPSA) is 25.2 Å². The van der Waals surface area contributed by atoms with Gasteiger partial charge in [0, 0.05) is 35.2 Å². The van der Waals surface area contributed by atoms with Gasteiger partial charge in [0.1, 0.15) is 0 Å². The summed E-state index contributed by atoms with van der Waals surface area (Å²) in [5.74, 6) is 0.166. The van der Waals surface area contributed by atoms with Crippen LogP contribution in [0.2, 0.25) is 0 Å². The Balaban J connectivity index is 1.84. The average Bonchev–Trinajstić information content (AvgIpc) is 2.86. The van der Waals surface area contributed by atoms with E-state index in [-0.39, 0.29) is 5.91 Å². The second-order valence-corrected chi connectivity index (χ2v) is 6.34. The number of likely N-dealkylation sites (tertiary alicyclic amines) is 1. The first kappa shape index (κ1) is 14.9. The van der Waals surface area contributed by atoms with E-state index in [1.807, 2.05) is 29.2 Å². The molecule has 116 valence electrons. The monoisotopic (exact) mass is 296 g/mol. The Hall–Kier alpha value is -2.03. The van der Waals surface area contributed by atoms with Crippen LogP contribution >= 0.6 is 0 Å². The molecule has 0 N–H and O–H groups in total. The SMILES string of the molecule is Cc1ccc(C)n1-c1ccc(C(=O)N2CCCC[C@@H]2C)cc1. The van der Waals surface area contributed by atoms with Crippen molar-refractivity contribution in [3.05, 3.63) is 53.3 Å². The summed E-state index contributed by atoms with van der Waals surface area (Å²) in [5, 5.41) is 0. The first-order chi connectivity index (χ1) is 10.6. The van der Waals surface area contributed by atoms with Crippen molar-refractivity contribution in [2.75, 3.05) is 6.54 Å². The van der Waals surface area contributed by atoms with E-state index in [9.17, 15) is 4.79 Å². The van der Waals surface area contributed by atoms with Crippen LogP contribution in [0.4, 0.5) is 0 Å². The van der Waals surface area contributed by atoms with Gasteiger partial charge in [0.15, 0.2) is 0 Å². The number of rotatable bonds is 2. The van der Waals surface area contributed by atoms with E-state index in [0.717, 1.165) is 30.6 Å². The first-order valence-electron chi connectivity index (χ1n) is 8.14. The lowest BCUT2D eigenvalue weighted by Gasteiger charge is -2.33. The Bertz CT molecular complexity index is 650. The van der Waals surface area contributed by atoms with E-state index in [4.69, 9.17) is 0 Å². The van der Waals surface area contributed by atoms with Gasteiger partial charge in [-0.2, -0.15) is 0 Å². The Morgan fingerprint density at radius 3 is 2.23 bits per heavy atom. The maximum absolute atomic E-state index is 12.7. The fourth-order valence-electron chi connectivity index (χ4n) is 3.39. The van der Waals surface area contributed by atoms with E-state index < -0.39 is 0 Å². The van der Waals surface area contributed by atoms with Crippen molar-refractivity contribution in [3.8, 4) is 5.69 Å². The van der Waals surface area contributed by atoms with Crippen molar-refractivity contribution < 1.29 is 4.79 Å². The lowest BCUT2D eigenvalue weighted by atomic mass is 10.0. The van der Waals surface area contributed by atoms with Crippen LogP contribution in [0.5, 0.6) is 0 Å². The number of hydrogen-bond acceptors (Lipinski definition) is 1. The summed E-state index contributed by atoms with van der Waals surface area (Å²) >= 11 is 0. The summed E-state index contributed by atoms with van der Waals surface area (Å²) in [7, 11) is 0. The molecule has 1 aromatic carbocycles. The van der Waals surface area contributed by atoms with E-state index >= 15 is 0 Å². The van der Waals surface area contributed by atoms with Crippen LogP contribution in [-0.4, -0.2) is 28.0 Å². The van der Waals surface area contributed by atoms with E-state index in [1.54, 1.807) is 0 Å². The van der Waals surface area contributed by atoms with Crippen LogP contribution in [0.15, 0.2) is 36.4 Å². The Morgan fingerprint density at radius 2 is 1.64 bits per heavy atom. The molecule has 22 heavy (non-hydrogen) atoms. The molecule has 0 unspecified atom stereocenters. The molecular formula is C19H24N2O. The molecule has 0 bridgehead atoms. The maximum Gasteiger partial charge on any atom is 0.254 e. The zero-order valence-corrected chi connectivity index (χ0v) is 13.7. The van der Waals surface area contributed by atoms with Crippen molar-refractivity contribution in [3.63, 3.8) is 0 Å². The van der Waals surface area contributed by atoms with Gasteiger partial charge < -0.3 is 9.47 Å². The van der Waals surface area contributed by atoms with Gasteiger partial charge in [0.05, 0.1) is 0 Å². The Morgan fingerprint density at radius 1 is 1.00 bits per heavy atom. The van der Waals surface area contributed by atoms with Crippen LogP contribution in [0.3, 0.4) is 0 Å². The highest BCUT2D eigenvalue weighted by Gasteiger charge is 2.24. The number of benzene rings is 1. The predicted octanol–water partition coefficient (Wildman–Crippen LogP) is 4.11. The van der Waals surface area contributed by atoms with Gasteiger partial charge in [-0.15, -0.1) is 0 Å². The normalized spacial score (nSPS) is 18.5. The Kier molecular flexibility index (Phi) is 4.06. The van der Waals surface area contributed by atoms with Gasteiger partial charge in [-0.05, 0) is 76.4 Å². The van der Waals surface area contributed by atoms with Crippen LogP contribution in [0.25, 0.3) is 5.69 Å². The number of aromatic nitrogens is 1. The zero-order chi connectivity index (χ0) is 15.7. The smallest absolute Gasteiger partial charge is 0.254 e. The van der Waals surface area contributed by atoms with Crippen LogP contribution in [0.1, 0.15) is 47.9 Å². The van der Waals surface area contributed by atoms with Gasteiger partial charge >= 0.3 is 0 Å². The van der Waals surface area contributed by atoms with E-state index in [0.29, 0.717) is 6.04 Å². The summed E-state index contributed by atoms with van der Waals surface area (Å²) in [6.45, 7) is 7.23. The molecule has 3 nitrogen and oxygen atoms in total. The molecule has 1 aromatic heterocycles. The average molecular weight is 296 g/mol. The molecule has 1 aliphatic rings. The lowest BCUT2D eigenvalue weighted by molar-refractivity contribution is 0.0635. The molecule has 0 saturated carbocycles. The minimum absolute atomic E-state index is 0.166. The third-order valence-electron chi connectivity index (χ3n) is 4.71. The van der Waals surface area contributed by atoms with Gasteiger partial charge in [-0.25, -0.2) is 0 Å². The van der Waals surface area contributed by atoms with Crippen molar-refractivity contribution in [2.45, 2.75) is 46.1 Å². The third-order valence-corrected chi connectivity index (χ3v) is 4.71. The molecule has 2 aromatic rings. The molecule has 3 heteroatoms. The molecule has 0 aliphatic carbocycles. The molecule has 1 fully saturated rings. The predicted molar refractivity (Wildman–Crippen MR) is 89.6 cm³/mol. The van der Waals surface area contributed by atoms with Gasteiger partial charge in [0.2, 0.25) is 0 Å². The van der Waals surface area contributed by atoms with Crippen LogP contribution in [-0.2, 0) is 0 Å². The quantitative estimate of drug-likeness (QED) is 0.818. The zero-order valence-electron chi connectivity index (χ0n) is 13.7. The van der Waals surface area contributed by atoms with Crippen molar-refractivity contribution in [1.82, 2.24) is 9.47 Å². The molecule has 3 rings (SSSR count). The summed E-state index contributed by atoms with van der Waals surface area (Å²) in [6, 6.07) is 12.6. The fourth-order valence-corrected chi connectivity index (χ4v) is 3.39. The van der Waals surface area contributed by atoms with Crippen molar-refractivity contribution in [1.29, 1.82) is 0 Å².